The lowest BCUT2D eigenvalue weighted by molar-refractivity contribution is -0.140. The molecule has 2 aromatic heterocycles. The van der Waals surface area contributed by atoms with Gasteiger partial charge in [0.1, 0.15) is 18.2 Å². The van der Waals surface area contributed by atoms with Crippen LogP contribution in [0.25, 0.3) is 11.2 Å². The molecule has 1 aliphatic carbocycles. The monoisotopic (exact) mass is 546 g/mol. The number of imidazole rings is 1. The van der Waals surface area contributed by atoms with Gasteiger partial charge in [0.25, 0.3) is 0 Å². The van der Waals surface area contributed by atoms with Gasteiger partial charge in [-0.15, -0.1) is 0 Å². The number of carboxylic acid groups (broad SMARTS) is 1. The number of ether oxygens (including phenoxy) is 2. The van der Waals surface area contributed by atoms with Crippen molar-refractivity contribution >= 4 is 46.3 Å². The number of aliphatic carboxylic acids is 1. The standard InChI is InChI=1S/C25H21Cl2FN4O5/c1-25(28)17(14-9-5-6-10-15(14)21(33)34)16(11-36-22(35)13-7-3-2-4-8-13)37-23(25)32-12-29-18-19(26)30-24(27)31-20(18)32/h2-9,12,15-17,23H,10-11H2,1H3,(H,33,34)/t15?,16-,17+,23+,25+/m0/s1. The van der Waals surface area contributed by atoms with Crippen molar-refractivity contribution in [3.8, 4) is 0 Å². The zero-order valence-corrected chi connectivity index (χ0v) is 20.9. The van der Waals surface area contributed by atoms with Crippen LogP contribution >= 0.6 is 23.2 Å². The molecule has 12 heteroatoms. The molecule has 1 N–H and O–H groups in total. The molecule has 2 aliphatic rings. The number of nitrogens with zero attached hydrogens (tertiary/aromatic N) is 4. The molecule has 5 atom stereocenters. The number of aromatic nitrogens is 4. The molecule has 1 aromatic carbocycles. The Kier molecular flexibility index (Phi) is 6.74. The van der Waals surface area contributed by atoms with Gasteiger partial charge in [0.05, 0.1) is 17.8 Å². The van der Waals surface area contributed by atoms with Crippen molar-refractivity contribution < 1.29 is 28.6 Å². The Labute approximate surface area is 220 Å². The van der Waals surface area contributed by atoms with Crippen molar-refractivity contribution in [2.45, 2.75) is 31.3 Å². The Hall–Kier alpha value is -3.34. The summed E-state index contributed by atoms with van der Waals surface area (Å²) in [5, 5.41) is 9.69. The number of carbonyl (C=O) groups is 2. The van der Waals surface area contributed by atoms with Crippen molar-refractivity contribution in [3.05, 3.63) is 76.5 Å². The summed E-state index contributed by atoms with van der Waals surface area (Å²) in [7, 11) is 0. The van der Waals surface area contributed by atoms with Crippen LogP contribution in [-0.2, 0) is 14.3 Å². The molecule has 1 saturated heterocycles. The van der Waals surface area contributed by atoms with Gasteiger partial charge in [-0.3, -0.25) is 9.36 Å². The van der Waals surface area contributed by atoms with Crippen LogP contribution in [0.2, 0.25) is 10.4 Å². The number of rotatable bonds is 6. The summed E-state index contributed by atoms with van der Waals surface area (Å²) in [6, 6.07) is 8.34. The number of halogens is 3. The van der Waals surface area contributed by atoms with Crippen molar-refractivity contribution in [1.82, 2.24) is 19.5 Å². The SMILES string of the molecule is C[C@@]1(F)[C@H](C2=CC=CCC2C(=O)O)[C@H](COC(=O)c2ccccc2)O[C@H]1n1cnc2c(Cl)nc(Cl)nc21. The summed E-state index contributed by atoms with van der Waals surface area (Å²) in [5.74, 6) is -3.74. The van der Waals surface area contributed by atoms with Crippen LogP contribution in [0.4, 0.5) is 4.39 Å². The number of benzene rings is 1. The zero-order valence-electron chi connectivity index (χ0n) is 19.4. The van der Waals surface area contributed by atoms with E-state index in [9.17, 15) is 14.7 Å². The first-order valence-corrected chi connectivity index (χ1v) is 12.2. The van der Waals surface area contributed by atoms with Gasteiger partial charge in [0, 0.05) is 5.92 Å². The minimum atomic E-state index is -2.17. The molecule has 0 bridgehead atoms. The number of hydrogen-bond donors (Lipinski definition) is 1. The molecule has 0 amide bonds. The van der Waals surface area contributed by atoms with E-state index >= 15 is 4.39 Å². The van der Waals surface area contributed by atoms with E-state index < -0.39 is 41.8 Å². The summed E-state index contributed by atoms with van der Waals surface area (Å²) in [6.45, 7) is 1.00. The smallest absolute Gasteiger partial charge is 0.338 e. The van der Waals surface area contributed by atoms with Gasteiger partial charge in [0.2, 0.25) is 5.28 Å². The van der Waals surface area contributed by atoms with Gasteiger partial charge in [-0.05, 0) is 42.7 Å². The van der Waals surface area contributed by atoms with Gasteiger partial charge in [-0.2, -0.15) is 4.98 Å². The first kappa shape index (κ1) is 25.3. The Morgan fingerprint density at radius 1 is 1.27 bits per heavy atom. The highest BCUT2D eigenvalue weighted by Gasteiger charge is 2.58. The maximum absolute atomic E-state index is 16.9. The van der Waals surface area contributed by atoms with E-state index in [1.807, 2.05) is 0 Å². The minimum Gasteiger partial charge on any atom is -0.481 e. The highest BCUT2D eigenvalue weighted by Crippen LogP contribution is 2.52. The molecule has 1 fully saturated rings. The molecule has 3 aromatic rings. The number of carbonyl (C=O) groups excluding carboxylic acids is 1. The minimum absolute atomic E-state index is 0.0109. The molecule has 0 spiro atoms. The first-order chi connectivity index (χ1) is 17.7. The number of allylic oxidation sites excluding steroid dienone is 3. The predicted molar refractivity (Wildman–Crippen MR) is 132 cm³/mol. The van der Waals surface area contributed by atoms with E-state index in [4.69, 9.17) is 32.7 Å². The summed E-state index contributed by atoms with van der Waals surface area (Å²) in [5.41, 5.74) is -1.18. The quantitative estimate of drug-likeness (QED) is 0.265. The van der Waals surface area contributed by atoms with E-state index in [1.54, 1.807) is 48.6 Å². The molecule has 0 radical (unpaired) electrons. The van der Waals surface area contributed by atoms with E-state index in [1.165, 1.54) is 17.8 Å². The molecule has 37 heavy (non-hydrogen) atoms. The van der Waals surface area contributed by atoms with E-state index in [-0.39, 0.29) is 34.6 Å². The maximum Gasteiger partial charge on any atom is 0.338 e. The van der Waals surface area contributed by atoms with Gasteiger partial charge in [0.15, 0.2) is 22.7 Å². The van der Waals surface area contributed by atoms with Crippen molar-refractivity contribution in [1.29, 1.82) is 0 Å². The molecule has 5 rings (SSSR count). The number of esters is 1. The fraction of sp³-hybridized carbons (Fsp3) is 0.320. The lowest BCUT2D eigenvalue weighted by Gasteiger charge is -2.33. The molecule has 1 unspecified atom stereocenters. The summed E-state index contributed by atoms with van der Waals surface area (Å²) in [4.78, 5) is 36.9. The van der Waals surface area contributed by atoms with E-state index in [2.05, 4.69) is 15.0 Å². The lowest BCUT2D eigenvalue weighted by Crippen LogP contribution is -2.40. The third kappa shape index (κ3) is 4.60. The van der Waals surface area contributed by atoms with Crippen LogP contribution in [0, 0.1) is 11.8 Å². The molecule has 0 saturated carbocycles. The Balaban J connectivity index is 1.54. The maximum atomic E-state index is 16.9. The van der Waals surface area contributed by atoms with Gasteiger partial charge >= 0.3 is 11.9 Å². The molecule has 1 aliphatic heterocycles. The van der Waals surface area contributed by atoms with E-state index in [0.29, 0.717) is 11.1 Å². The number of fused-ring (bicyclic) bond motifs is 1. The van der Waals surface area contributed by atoms with Gasteiger partial charge in [-0.1, -0.05) is 48.0 Å². The second-order valence-corrected chi connectivity index (χ2v) is 9.65. The lowest BCUT2D eigenvalue weighted by atomic mass is 9.74. The Bertz CT molecular complexity index is 1430. The van der Waals surface area contributed by atoms with Crippen LogP contribution in [0.15, 0.2) is 60.5 Å². The summed E-state index contributed by atoms with van der Waals surface area (Å²) in [6.07, 6.45) is 4.16. The van der Waals surface area contributed by atoms with Gasteiger partial charge in [-0.25, -0.2) is 19.2 Å². The average molecular weight is 547 g/mol. The number of hydrogen-bond acceptors (Lipinski definition) is 7. The average Bonchev–Trinajstić information content (AvgIpc) is 3.40. The van der Waals surface area contributed by atoms with E-state index in [0.717, 1.165) is 0 Å². The Morgan fingerprint density at radius 3 is 2.76 bits per heavy atom. The normalized spacial score (nSPS) is 27.3. The molecule has 3 heterocycles. The largest absolute Gasteiger partial charge is 0.481 e. The topological polar surface area (TPSA) is 116 Å². The Morgan fingerprint density at radius 2 is 2.03 bits per heavy atom. The van der Waals surface area contributed by atoms with Crippen LogP contribution in [0.5, 0.6) is 0 Å². The highest BCUT2D eigenvalue weighted by molar-refractivity contribution is 6.35. The molecule has 9 nitrogen and oxygen atoms in total. The van der Waals surface area contributed by atoms with Crippen LogP contribution in [0.1, 0.15) is 29.9 Å². The molecular weight excluding hydrogens is 526 g/mol. The van der Waals surface area contributed by atoms with Crippen LogP contribution in [-0.4, -0.2) is 54.9 Å². The predicted octanol–water partition coefficient (Wildman–Crippen LogP) is 4.82. The summed E-state index contributed by atoms with van der Waals surface area (Å²) < 4.78 is 29.9. The number of alkyl halides is 1. The third-order valence-electron chi connectivity index (χ3n) is 6.62. The van der Waals surface area contributed by atoms with Crippen molar-refractivity contribution in [2.24, 2.45) is 11.8 Å². The second kappa shape index (κ2) is 9.85. The van der Waals surface area contributed by atoms with Crippen LogP contribution in [0.3, 0.4) is 0 Å². The number of carboxylic acids is 1. The van der Waals surface area contributed by atoms with Gasteiger partial charge < -0.3 is 14.6 Å². The zero-order chi connectivity index (χ0) is 26.3. The highest BCUT2D eigenvalue weighted by atomic mass is 35.5. The second-order valence-electron chi connectivity index (χ2n) is 8.95. The van der Waals surface area contributed by atoms with Crippen molar-refractivity contribution in [2.75, 3.05) is 6.61 Å². The first-order valence-electron chi connectivity index (χ1n) is 11.4. The fourth-order valence-corrected chi connectivity index (χ4v) is 5.38. The fourth-order valence-electron chi connectivity index (χ4n) is 4.96. The third-order valence-corrected chi connectivity index (χ3v) is 7.05. The molecular formula is C25H21Cl2FN4O5. The van der Waals surface area contributed by atoms with Crippen LogP contribution < -0.4 is 0 Å². The van der Waals surface area contributed by atoms with Crippen molar-refractivity contribution in [3.63, 3.8) is 0 Å². The summed E-state index contributed by atoms with van der Waals surface area (Å²) >= 11 is 12.1. The molecule has 192 valence electrons.